The monoisotopic (exact) mass is 319 g/mol. The Balaban J connectivity index is 1.94. The van der Waals surface area contributed by atoms with Gasteiger partial charge in [0.05, 0.1) is 25.4 Å². The van der Waals surface area contributed by atoms with Gasteiger partial charge in [-0.25, -0.2) is 4.98 Å². The van der Waals surface area contributed by atoms with Crippen LogP contribution in [0, 0.1) is 6.92 Å². The molecular formula is C21H21NO2. The third-order valence-corrected chi connectivity index (χ3v) is 4.67. The molecular weight excluding hydrogens is 298 g/mol. The first kappa shape index (κ1) is 15.0. The third-order valence-electron chi connectivity index (χ3n) is 4.67. The van der Waals surface area contributed by atoms with Gasteiger partial charge in [-0.3, -0.25) is 0 Å². The molecule has 0 amide bonds. The zero-order valence-corrected chi connectivity index (χ0v) is 14.3. The summed E-state index contributed by atoms with van der Waals surface area (Å²) in [4.78, 5) is 4.91. The van der Waals surface area contributed by atoms with Gasteiger partial charge in [-0.05, 0) is 37.8 Å². The van der Waals surface area contributed by atoms with Crippen LogP contribution in [0.3, 0.4) is 0 Å². The smallest absolute Gasteiger partial charge is 0.164 e. The van der Waals surface area contributed by atoms with Crippen molar-refractivity contribution < 1.29 is 9.47 Å². The quantitative estimate of drug-likeness (QED) is 0.670. The lowest BCUT2D eigenvalue weighted by atomic mass is 10.0. The minimum Gasteiger partial charge on any atom is -0.493 e. The maximum Gasteiger partial charge on any atom is 0.164 e. The van der Waals surface area contributed by atoms with Crippen molar-refractivity contribution in [1.82, 2.24) is 4.98 Å². The number of benzene rings is 2. The fourth-order valence-corrected chi connectivity index (χ4v) is 3.36. The van der Waals surface area contributed by atoms with E-state index >= 15 is 0 Å². The van der Waals surface area contributed by atoms with E-state index < -0.39 is 0 Å². The topological polar surface area (TPSA) is 31.4 Å². The Morgan fingerprint density at radius 1 is 1.00 bits per heavy atom. The summed E-state index contributed by atoms with van der Waals surface area (Å²) in [6.45, 7) is 2.10. The largest absolute Gasteiger partial charge is 0.493 e. The molecule has 0 atom stereocenters. The molecule has 0 N–H and O–H groups in total. The Bertz CT molecular complexity index is 913. The number of hydrogen-bond acceptors (Lipinski definition) is 3. The van der Waals surface area contributed by atoms with Crippen molar-refractivity contribution in [2.75, 3.05) is 14.2 Å². The minimum atomic E-state index is 0.559. The lowest BCUT2D eigenvalue weighted by Crippen LogP contribution is -1.98. The van der Waals surface area contributed by atoms with E-state index in [4.69, 9.17) is 14.5 Å². The van der Waals surface area contributed by atoms with E-state index in [0.717, 1.165) is 28.3 Å². The first-order valence-corrected chi connectivity index (χ1v) is 8.34. The van der Waals surface area contributed by atoms with Gasteiger partial charge in [0.15, 0.2) is 11.5 Å². The van der Waals surface area contributed by atoms with Crippen LogP contribution < -0.4 is 9.47 Å². The van der Waals surface area contributed by atoms with Crippen LogP contribution >= 0.6 is 0 Å². The zero-order valence-electron chi connectivity index (χ0n) is 14.3. The van der Waals surface area contributed by atoms with E-state index in [1.54, 1.807) is 14.2 Å². The summed E-state index contributed by atoms with van der Waals surface area (Å²) in [7, 11) is 3.40. The third kappa shape index (κ3) is 2.50. The molecule has 122 valence electrons. The SMILES string of the molecule is COc1cc2nc(-c3cccc(C)c3)ccc2c(C2CC2)c1OC. The molecule has 3 nitrogen and oxygen atoms in total. The standard InChI is InChI=1S/C21H21NO2/c1-13-5-4-6-15(11-13)17-10-9-16-18(22-17)12-19(23-2)21(24-3)20(16)14-7-8-14/h4-6,9-12,14H,7-8H2,1-3H3. The molecule has 1 saturated carbocycles. The maximum atomic E-state index is 5.65. The Morgan fingerprint density at radius 2 is 1.83 bits per heavy atom. The van der Waals surface area contributed by atoms with Gasteiger partial charge in [0.1, 0.15) is 0 Å². The van der Waals surface area contributed by atoms with Crippen LogP contribution in [0.5, 0.6) is 11.5 Å². The van der Waals surface area contributed by atoms with E-state index in [1.807, 2.05) is 6.07 Å². The second-order valence-corrected chi connectivity index (χ2v) is 6.43. The first-order chi connectivity index (χ1) is 11.7. The van der Waals surface area contributed by atoms with Gasteiger partial charge >= 0.3 is 0 Å². The van der Waals surface area contributed by atoms with Crippen LogP contribution in [0.25, 0.3) is 22.2 Å². The number of ether oxygens (including phenoxy) is 2. The summed E-state index contributed by atoms with van der Waals surface area (Å²) in [5, 5.41) is 1.17. The number of fused-ring (bicyclic) bond motifs is 1. The van der Waals surface area contributed by atoms with Crippen LogP contribution in [0.4, 0.5) is 0 Å². The highest BCUT2D eigenvalue weighted by molar-refractivity contribution is 5.90. The summed E-state index contributed by atoms with van der Waals surface area (Å²) in [6, 6.07) is 14.7. The van der Waals surface area contributed by atoms with Crippen molar-refractivity contribution in [1.29, 1.82) is 0 Å². The van der Waals surface area contributed by atoms with Crippen molar-refractivity contribution in [3.63, 3.8) is 0 Å². The first-order valence-electron chi connectivity index (χ1n) is 8.34. The van der Waals surface area contributed by atoms with Crippen LogP contribution in [0.2, 0.25) is 0 Å². The predicted molar refractivity (Wildman–Crippen MR) is 97.0 cm³/mol. The number of rotatable bonds is 4. The van der Waals surface area contributed by atoms with Crippen LogP contribution in [0.1, 0.15) is 29.9 Å². The van der Waals surface area contributed by atoms with Gasteiger partial charge in [-0.15, -0.1) is 0 Å². The maximum absolute atomic E-state index is 5.65. The molecule has 3 aromatic rings. The lowest BCUT2D eigenvalue weighted by Gasteiger charge is -2.16. The lowest BCUT2D eigenvalue weighted by molar-refractivity contribution is 0.352. The number of nitrogens with zero attached hydrogens (tertiary/aromatic N) is 1. The summed E-state index contributed by atoms with van der Waals surface area (Å²) < 4.78 is 11.2. The highest BCUT2D eigenvalue weighted by atomic mass is 16.5. The fraction of sp³-hybridized carbons (Fsp3) is 0.286. The molecule has 1 heterocycles. The normalized spacial score (nSPS) is 14.0. The molecule has 2 aromatic carbocycles. The molecule has 3 heteroatoms. The minimum absolute atomic E-state index is 0.559. The van der Waals surface area contributed by atoms with Gasteiger partial charge in [0.25, 0.3) is 0 Å². The molecule has 4 rings (SSSR count). The Labute approximate surface area is 142 Å². The van der Waals surface area contributed by atoms with Crippen LogP contribution in [-0.2, 0) is 0 Å². The van der Waals surface area contributed by atoms with Gasteiger partial charge in [0, 0.05) is 22.6 Å². The molecule has 0 unspecified atom stereocenters. The van der Waals surface area contributed by atoms with Crippen molar-refractivity contribution >= 4 is 10.9 Å². The van der Waals surface area contributed by atoms with Gasteiger partial charge in [-0.2, -0.15) is 0 Å². The van der Waals surface area contributed by atoms with Gasteiger partial charge in [-0.1, -0.05) is 29.8 Å². The number of hydrogen-bond donors (Lipinski definition) is 0. The molecule has 0 aliphatic heterocycles. The Kier molecular flexibility index (Phi) is 3.64. The summed E-state index contributed by atoms with van der Waals surface area (Å²) >= 11 is 0. The van der Waals surface area contributed by atoms with E-state index in [1.165, 1.54) is 29.4 Å². The fourth-order valence-electron chi connectivity index (χ4n) is 3.36. The van der Waals surface area contributed by atoms with Gasteiger partial charge < -0.3 is 9.47 Å². The average molecular weight is 319 g/mol. The van der Waals surface area contributed by atoms with Crippen LogP contribution in [-0.4, -0.2) is 19.2 Å². The number of pyridine rings is 1. The number of aromatic nitrogens is 1. The van der Waals surface area contributed by atoms with Crippen molar-refractivity contribution in [2.24, 2.45) is 0 Å². The zero-order chi connectivity index (χ0) is 16.7. The molecule has 24 heavy (non-hydrogen) atoms. The molecule has 1 aliphatic rings. The van der Waals surface area contributed by atoms with E-state index in [-0.39, 0.29) is 0 Å². The predicted octanol–water partition coefficient (Wildman–Crippen LogP) is 5.10. The van der Waals surface area contributed by atoms with Crippen molar-refractivity contribution in [3.8, 4) is 22.8 Å². The van der Waals surface area contributed by atoms with E-state index in [0.29, 0.717) is 5.92 Å². The molecule has 1 fully saturated rings. The van der Waals surface area contributed by atoms with E-state index in [9.17, 15) is 0 Å². The van der Waals surface area contributed by atoms with Crippen LogP contribution in [0.15, 0.2) is 42.5 Å². The van der Waals surface area contributed by atoms with E-state index in [2.05, 4.69) is 43.3 Å². The summed E-state index contributed by atoms with van der Waals surface area (Å²) in [5.74, 6) is 2.18. The van der Waals surface area contributed by atoms with Crippen molar-refractivity contribution in [2.45, 2.75) is 25.7 Å². The number of aryl methyl sites for hydroxylation is 1. The molecule has 1 aromatic heterocycles. The second kappa shape index (κ2) is 5.82. The summed E-state index contributed by atoms with van der Waals surface area (Å²) in [5.41, 5.74) is 5.57. The Morgan fingerprint density at radius 3 is 2.50 bits per heavy atom. The molecule has 1 aliphatic carbocycles. The number of methoxy groups -OCH3 is 2. The second-order valence-electron chi connectivity index (χ2n) is 6.43. The van der Waals surface area contributed by atoms with Crippen molar-refractivity contribution in [3.05, 3.63) is 53.6 Å². The highest BCUT2D eigenvalue weighted by Crippen LogP contribution is 2.50. The molecule has 0 spiro atoms. The molecule has 0 saturated heterocycles. The van der Waals surface area contributed by atoms with Gasteiger partial charge in [0.2, 0.25) is 0 Å². The molecule has 0 bridgehead atoms. The summed E-state index contributed by atoms with van der Waals surface area (Å²) in [6.07, 6.45) is 2.41. The Hall–Kier alpha value is -2.55. The molecule has 0 radical (unpaired) electrons. The average Bonchev–Trinajstić information content (AvgIpc) is 3.44. The highest BCUT2D eigenvalue weighted by Gasteiger charge is 2.31.